The van der Waals surface area contributed by atoms with Gasteiger partial charge in [0, 0.05) is 12.8 Å². The Hall–Kier alpha value is -1.17. The van der Waals surface area contributed by atoms with Crippen molar-refractivity contribution >= 4 is 5.82 Å². The Morgan fingerprint density at radius 1 is 1.56 bits per heavy atom. The molecular weight excluding hydrogens is 228 g/mol. The van der Waals surface area contributed by atoms with E-state index in [2.05, 4.69) is 10.4 Å². The van der Waals surface area contributed by atoms with Gasteiger partial charge in [-0.25, -0.2) is 4.98 Å². The Kier molecular flexibility index (Phi) is 4.52. The average molecular weight is 250 g/mol. The zero-order valence-electron chi connectivity index (χ0n) is 10.8. The number of nitrogens with zero attached hydrogens (tertiary/aromatic N) is 1. The second-order valence-electron chi connectivity index (χ2n) is 4.82. The molecule has 0 aliphatic heterocycles. The molecule has 100 valence electrons. The fraction of sp³-hybridized carbons (Fsp3) is 0.615. The summed E-state index contributed by atoms with van der Waals surface area (Å²) in [5, 5.41) is 0. The minimum absolute atomic E-state index is 0.124. The minimum atomic E-state index is 0.124. The number of hydrogen-bond acceptors (Lipinski definition) is 5. The summed E-state index contributed by atoms with van der Waals surface area (Å²) in [6.07, 6.45) is 5.20. The number of nitrogens with two attached hydrogens (primary N) is 2. The molecule has 1 aliphatic carbocycles. The lowest BCUT2D eigenvalue weighted by Gasteiger charge is -2.26. The fourth-order valence-corrected chi connectivity index (χ4v) is 2.34. The number of anilines is 1. The predicted octanol–water partition coefficient (Wildman–Crippen LogP) is 0.853. The van der Waals surface area contributed by atoms with Crippen LogP contribution in [-0.2, 0) is 11.2 Å². The van der Waals surface area contributed by atoms with Gasteiger partial charge in [0.15, 0.2) is 0 Å². The van der Waals surface area contributed by atoms with Crippen LogP contribution in [0.2, 0.25) is 0 Å². The van der Waals surface area contributed by atoms with Crippen LogP contribution in [0.5, 0.6) is 0 Å². The van der Waals surface area contributed by atoms with Crippen molar-refractivity contribution in [2.45, 2.75) is 38.3 Å². The van der Waals surface area contributed by atoms with E-state index in [1.165, 1.54) is 12.8 Å². The molecule has 2 unspecified atom stereocenters. The molecule has 1 heterocycles. The predicted molar refractivity (Wildman–Crippen MR) is 71.6 cm³/mol. The molecule has 18 heavy (non-hydrogen) atoms. The number of ether oxygens (including phenoxy) is 1. The van der Waals surface area contributed by atoms with Crippen molar-refractivity contribution in [2.24, 2.45) is 11.8 Å². The summed E-state index contributed by atoms with van der Waals surface area (Å²) in [6.45, 7) is 2.74. The van der Waals surface area contributed by atoms with Gasteiger partial charge in [-0.05, 0) is 49.8 Å². The molecule has 0 bridgehead atoms. The lowest BCUT2D eigenvalue weighted by molar-refractivity contribution is 0.0192. The lowest BCUT2D eigenvalue weighted by atomic mass is 9.99. The Morgan fingerprint density at radius 3 is 2.89 bits per heavy atom. The van der Waals surface area contributed by atoms with Crippen LogP contribution in [0.3, 0.4) is 0 Å². The van der Waals surface area contributed by atoms with Crippen molar-refractivity contribution in [1.29, 1.82) is 0 Å². The van der Waals surface area contributed by atoms with Crippen LogP contribution in [0.1, 0.15) is 25.3 Å². The first kappa shape index (κ1) is 13.3. The number of aromatic nitrogens is 1. The van der Waals surface area contributed by atoms with Gasteiger partial charge in [0.05, 0.1) is 12.1 Å². The maximum atomic E-state index is 5.83. The summed E-state index contributed by atoms with van der Waals surface area (Å²) < 4.78 is 5.83. The number of nitrogens with one attached hydrogen (secondary N) is 1. The van der Waals surface area contributed by atoms with Gasteiger partial charge in [-0.3, -0.25) is 11.3 Å². The van der Waals surface area contributed by atoms with Crippen LogP contribution < -0.4 is 17.0 Å². The number of pyridine rings is 1. The first-order chi connectivity index (χ1) is 8.74. The second kappa shape index (κ2) is 6.13. The third-order valence-electron chi connectivity index (χ3n) is 3.36. The highest BCUT2D eigenvalue weighted by Crippen LogP contribution is 2.36. The molecule has 2 rings (SSSR count). The number of rotatable bonds is 7. The number of hydrazine groups is 1. The molecule has 0 saturated heterocycles. The van der Waals surface area contributed by atoms with Gasteiger partial charge >= 0.3 is 0 Å². The topological polar surface area (TPSA) is 86.2 Å². The van der Waals surface area contributed by atoms with E-state index in [0.29, 0.717) is 11.7 Å². The molecule has 0 amide bonds. The van der Waals surface area contributed by atoms with Crippen molar-refractivity contribution < 1.29 is 4.74 Å². The van der Waals surface area contributed by atoms with Gasteiger partial charge in [0.25, 0.3) is 0 Å². The van der Waals surface area contributed by atoms with Gasteiger partial charge < -0.3 is 10.5 Å². The molecule has 0 spiro atoms. The van der Waals surface area contributed by atoms with Crippen LogP contribution >= 0.6 is 0 Å². The smallest absolute Gasteiger partial charge is 0.123 e. The monoisotopic (exact) mass is 250 g/mol. The summed E-state index contributed by atoms with van der Waals surface area (Å²) in [7, 11) is 0. The minimum Gasteiger partial charge on any atom is -0.384 e. The van der Waals surface area contributed by atoms with Gasteiger partial charge in [0.1, 0.15) is 5.82 Å². The Morgan fingerprint density at radius 2 is 2.33 bits per heavy atom. The summed E-state index contributed by atoms with van der Waals surface area (Å²) in [4.78, 5) is 4.00. The van der Waals surface area contributed by atoms with Gasteiger partial charge in [0.2, 0.25) is 0 Å². The highest BCUT2D eigenvalue weighted by molar-refractivity contribution is 5.32. The molecule has 5 N–H and O–H groups in total. The molecule has 0 aromatic carbocycles. The number of hydrogen-bond donors (Lipinski definition) is 3. The largest absolute Gasteiger partial charge is 0.384 e. The Bertz CT molecular complexity index is 381. The molecule has 1 saturated carbocycles. The van der Waals surface area contributed by atoms with E-state index in [1.807, 2.05) is 19.1 Å². The molecule has 1 aromatic rings. The first-order valence-corrected chi connectivity index (χ1v) is 6.52. The van der Waals surface area contributed by atoms with Crippen LogP contribution in [-0.4, -0.2) is 23.7 Å². The van der Waals surface area contributed by atoms with E-state index < -0.39 is 0 Å². The van der Waals surface area contributed by atoms with E-state index in [1.54, 1.807) is 6.20 Å². The molecule has 2 atom stereocenters. The molecule has 5 nitrogen and oxygen atoms in total. The Labute approximate surface area is 108 Å². The second-order valence-corrected chi connectivity index (χ2v) is 4.82. The highest BCUT2D eigenvalue weighted by Gasteiger charge is 2.36. The standard InChI is InChI=1S/C13H22N4O/c1-2-18-13(10-3-4-10)11(17-15)7-9-5-6-16-12(14)8-9/h5-6,8,10-11,13,17H,2-4,7,15H2,1H3,(H2,14,16). The lowest BCUT2D eigenvalue weighted by Crippen LogP contribution is -2.47. The third-order valence-corrected chi connectivity index (χ3v) is 3.36. The highest BCUT2D eigenvalue weighted by atomic mass is 16.5. The summed E-state index contributed by atoms with van der Waals surface area (Å²) in [5.74, 6) is 6.87. The van der Waals surface area contributed by atoms with E-state index in [9.17, 15) is 0 Å². The third kappa shape index (κ3) is 3.41. The van der Waals surface area contributed by atoms with Gasteiger partial charge in [-0.2, -0.15) is 0 Å². The maximum absolute atomic E-state index is 5.83. The van der Waals surface area contributed by atoms with Crippen molar-refractivity contribution in [3.05, 3.63) is 23.9 Å². The summed E-state index contributed by atoms with van der Waals surface area (Å²) >= 11 is 0. The molecule has 0 radical (unpaired) electrons. The quantitative estimate of drug-likeness (QED) is 0.493. The van der Waals surface area contributed by atoms with E-state index in [4.69, 9.17) is 16.3 Å². The Balaban J connectivity index is 2.03. The first-order valence-electron chi connectivity index (χ1n) is 6.52. The maximum Gasteiger partial charge on any atom is 0.123 e. The van der Waals surface area contributed by atoms with Crippen LogP contribution in [0.4, 0.5) is 5.82 Å². The van der Waals surface area contributed by atoms with Gasteiger partial charge in [-0.15, -0.1) is 0 Å². The molecule has 1 fully saturated rings. The van der Waals surface area contributed by atoms with Crippen LogP contribution in [0.25, 0.3) is 0 Å². The van der Waals surface area contributed by atoms with Crippen molar-refractivity contribution in [3.63, 3.8) is 0 Å². The number of nitrogen functional groups attached to an aromatic ring is 1. The SMILES string of the molecule is CCOC(C1CC1)C(Cc1ccnc(N)c1)NN. The zero-order valence-corrected chi connectivity index (χ0v) is 10.8. The van der Waals surface area contributed by atoms with Gasteiger partial charge in [-0.1, -0.05) is 0 Å². The average Bonchev–Trinajstić information content (AvgIpc) is 3.18. The van der Waals surface area contributed by atoms with Crippen molar-refractivity contribution in [3.8, 4) is 0 Å². The van der Waals surface area contributed by atoms with E-state index >= 15 is 0 Å². The zero-order chi connectivity index (χ0) is 13.0. The molecule has 1 aromatic heterocycles. The molecule has 5 heteroatoms. The van der Waals surface area contributed by atoms with Crippen molar-refractivity contribution in [1.82, 2.24) is 10.4 Å². The normalized spacial score (nSPS) is 18.6. The molecular formula is C13H22N4O. The van der Waals surface area contributed by atoms with Crippen molar-refractivity contribution in [2.75, 3.05) is 12.3 Å². The molecule has 1 aliphatic rings. The summed E-state index contributed by atoms with van der Waals surface area (Å²) in [5.41, 5.74) is 9.71. The van der Waals surface area contributed by atoms with Crippen LogP contribution in [0, 0.1) is 5.92 Å². The van der Waals surface area contributed by atoms with E-state index in [-0.39, 0.29) is 12.1 Å². The summed E-state index contributed by atoms with van der Waals surface area (Å²) in [6, 6.07) is 3.98. The van der Waals surface area contributed by atoms with E-state index in [0.717, 1.165) is 18.6 Å². The van der Waals surface area contributed by atoms with Crippen LogP contribution in [0.15, 0.2) is 18.3 Å². The fourth-order valence-electron chi connectivity index (χ4n) is 2.34.